The van der Waals surface area contributed by atoms with Crippen molar-refractivity contribution in [3.8, 4) is 16.8 Å². The molecule has 2 unspecified atom stereocenters. The molecule has 0 bridgehead atoms. The molecule has 2 atom stereocenters. The van der Waals surface area contributed by atoms with Gasteiger partial charge in [-0.1, -0.05) is 151 Å². The van der Waals surface area contributed by atoms with Gasteiger partial charge in [-0.2, -0.15) is 0 Å². The van der Waals surface area contributed by atoms with Gasteiger partial charge in [0.05, 0.1) is 17.1 Å². The largest absolute Gasteiger partial charge is 0.333 e. The number of aromatic nitrogens is 2. The number of para-hydroxylation sites is 4. The molecule has 0 amide bonds. The summed E-state index contributed by atoms with van der Waals surface area (Å²) in [6, 6.07) is 43.3. The first-order valence-electron chi connectivity index (χ1n) is 18.5. The molecule has 0 aliphatic heterocycles. The highest BCUT2D eigenvalue weighted by atomic mass is 15.0. The topological polar surface area (TPSA) is 9.86 Å². The van der Waals surface area contributed by atoms with Gasteiger partial charge in [0.1, 0.15) is 0 Å². The summed E-state index contributed by atoms with van der Waals surface area (Å²) < 4.78 is 5.17. The lowest BCUT2D eigenvalue weighted by Crippen LogP contribution is -2.11. The van der Waals surface area contributed by atoms with Crippen molar-refractivity contribution >= 4 is 44.4 Å². The van der Waals surface area contributed by atoms with E-state index in [4.69, 9.17) is 0 Å². The molecule has 10 rings (SSSR count). The SMILES string of the molecule is CC1=CC(n2c3ccccc3c3cccc(C4=CC=CCC4c4ccccc4-c4cccc5c6c(n(-c7ccccc7)c45)CCC=C6)c32)CC=C1. The molecule has 2 heteroatoms. The third kappa shape index (κ3) is 4.77. The zero-order valence-corrected chi connectivity index (χ0v) is 29.0. The van der Waals surface area contributed by atoms with Gasteiger partial charge in [-0.05, 0) is 67.5 Å². The lowest BCUT2D eigenvalue weighted by molar-refractivity contribution is 0.642. The maximum absolute atomic E-state index is 2.63. The maximum atomic E-state index is 2.63. The van der Waals surface area contributed by atoms with E-state index in [9.17, 15) is 0 Å². The molecule has 3 aliphatic carbocycles. The van der Waals surface area contributed by atoms with Crippen LogP contribution in [0.2, 0.25) is 0 Å². The molecule has 0 saturated carbocycles. The van der Waals surface area contributed by atoms with Gasteiger partial charge in [0, 0.05) is 55.7 Å². The quantitative estimate of drug-likeness (QED) is 0.174. The highest BCUT2D eigenvalue weighted by molar-refractivity contribution is 6.12. The molecule has 51 heavy (non-hydrogen) atoms. The number of hydrogen-bond acceptors (Lipinski definition) is 0. The fraction of sp³-hybridized carbons (Fsp3) is 0.143. The third-order valence-corrected chi connectivity index (χ3v) is 11.3. The molecule has 3 aliphatic rings. The Morgan fingerprint density at radius 1 is 0.608 bits per heavy atom. The molecule has 0 saturated heterocycles. The molecule has 5 aromatic carbocycles. The molecule has 0 radical (unpaired) electrons. The van der Waals surface area contributed by atoms with Gasteiger partial charge in [-0.3, -0.25) is 0 Å². The van der Waals surface area contributed by atoms with E-state index in [1.807, 2.05) is 0 Å². The Hall–Kier alpha value is -5.86. The summed E-state index contributed by atoms with van der Waals surface area (Å²) in [5.41, 5.74) is 16.0. The number of benzene rings is 5. The Morgan fingerprint density at radius 3 is 2.27 bits per heavy atom. The predicted octanol–water partition coefficient (Wildman–Crippen LogP) is 12.9. The minimum atomic E-state index is 0.205. The summed E-state index contributed by atoms with van der Waals surface area (Å²) in [4.78, 5) is 0. The first kappa shape index (κ1) is 30.0. The van der Waals surface area contributed by atoms with Crippen LogP contribution in [-0.4, -0.2) is 9.13 Å². The van der Waals surface area contributed by atoms with Crippen LogP contribution in [0.15, 0.2) is 163 Å². The van der Waals surface area contributed by atoms with Crippen molar-refractivity contribution < 1.29 is 0 Å². The van der Waals surface area contributed by atoms with Crippen molar-refractivity contribution in [2.45, 2.75) is 44.6 Å². The Morgan fingerprint density at radius 2 is 1.37 bits per heavy atom. The van der Waals surface area contributed by atoms with Gasteiger partial charge in [0.25, 0.3) is 0 Å². The van der Waals surface area contributed by atoms with Gasteiger partial charge in [-0.25, -0.2) is 0 Å². The van der Waals surface area contributed by atoms with Gasteiger partial charge in [-0.15, -0.1) is 0 Å². The highest BCUT2D eigenvalue weighted by Crippen LogP contribution is 2.48. The fourth-order valence-corrected chi connectivity index (χ4v) is 9.22. The molecule has 0 fully saturated rings. The second-order valence-corrected chi connectivity index (χ2v) is 14.3. The van der Waals surface area contributed by atoms with E-state index in [0.29, 0.717) is 0 Å². The Labute approximate surface area is 299 Å². The number of fused-ring (bicyclic) bond motifs is 6. The number of allylic oxidation sites excluding steroid dienone is 9. The van der Waals surface area contributed by atoms with Crippen LogP contribution in [0.3, 0.4) is 0 Å². The first-order chi connectivity index (χ1) is 25.3. The van der Waals surface area contributed by atoms with Crippen LogP contribution >= 0.6 is 0 Å². The van der Waals surface area contributed by atoms with Crippen LogP contribution in [0.5, 0.6) is 0 Å². The maximum Gasteiger partial charge on any atom is 0.0616 e. The fourth-order valence-electron chi connectivity index (χ4n) is 9.22. The van der Waals surface area contributed by atoms with E-state index in [2.05, 4.69) is 180 Å². The van der Waals surface area contributed by atoms with E-state index in [0.717, 1.165) is 25.7 Å². The number of nitrogens with zero attached hydrogens (tertiary/aromatic N) is 2. The zero-order valence-electron chi connectivity index (χ0n) is 29.0. The summed E-state index contributed by atoms with van der Waals surface area (Å²) in [6.07, 6.45) is 22.8. The van der Waals surface area contributed by atoms with Crippen LogP contribution in [0.1, 0.15) is 60.5 Å². The van der Waals surface area contributed by atoms with Crippen LogP contribution < -0.4 is 0 Å². The summed E-state index contributed by atoms with van der Waals surface area (Å²) in [5, 5.41) is 3.98. The van der Waals surface area contributed by atoms with Crippen molar-refractivity contribution in [3.05, 3.63) is 186 Å². The highest BCUT2D eigenvalue weighted by Gasteiger charge is 2.28. The number of rotatable bonds is 5. The molecule has 0 N–H and O–H groups in total. The standard InChI is InChI=1S/C49H40N2/c1-33-16-13-19-35(32-33)51-47-31-12-10-25-41(47)45-29-15-27-43(49(45)51)39-23-8-6-21-37(39)36-20-5-7-22-38(36)42-26-14-28-44-40-24-9-11-30-46(40)50(48(42)44)34-17-3-2-4-18-34/h2-10,12-18,20,22-29,31-32,35,37H,11,19,21,30H2,1H3. The Bertz CT molecular complexity index is 2650. The minimum absolute atomic E-state index is 0.205. The zero-order chi connectivity index (χ0) is 33.9. The summed E-state index contributed by atoms with van der Waals surface area (Å²) in [6.45, 7) is 2.22. The van der Waals surface area contributed by atoms with Crippen molar-refractivity contribution in [3.63, 3.8) is 0 Å². The molecule has 2 nitrogen and oxygen atoms in total. The minimum Gasteiger partial charge on any atom is -0.333 e. The molecule has 2 heterocycles. The van der Waals surface area contributed by atoms with Crippen LogP contribution in [0.25, 0.3) is 61.2 Å². The van der Waals surface area contributed by atoms with Crippen molar-refractivity contribution in [2.75, 3.05) is 0 Å². The molecular formula is C49H40N2. The Balaban J connectivity index is 1.20. The lowest BCUT2D eigenvalue weighted by atomic mass is 9.78. The van der Waals surface area contributed by atoms with E-state index in [1.54, 1.807) is 0 Å². The first-order valence-corrected chi connectivity index (χ1v) is 18.5. The van der Waals surface area contributed by atoms with Crippen LogP contribution in [-0.2, 0) is 6.42 Å². The lowest BCUT2D eigenvalue weighted by Gasteiger charge is -2.27. The third-order valence-electron chi connectivity index (χ3n) is 11.3. The van der Waals surface area contributed by atoms with Crippen LogP contribution in [0, 0.1) is 0 Å². The number of hydrogen-bond donors (Lipinski definition) is 0. The van der Waals surface area contributed by atoms with E-state index in [-0.39, 0.29) is 12.0 Å². The van der Waals surface area contributed by atoms with Gasteiger partial charge in [0.2, 0.25) is 0 Å². The normalized spacial score (nSPS) is 18.4. The molecular weight excluding hydrogens is 617 g/mol. The summed E-state index contributed by atoms with van der Waals surface area (Å²) in [5.74, 6) is 0.205. The molecule has 0 spiro atoms. The molecule has 7 aromatic rings. The summed E-state index contributed by atoms with van der Waals surface area (Å²) in [7, 11) is 0. The summed E-state index contributed by atoms with van der Waals surface area (Å²) >= 11 is 0. The average Bonchev–Trinajstić information content (AvgIpc) is 3.72. The van der Waals surface area contributed by atoms with Gasteiger partial charge in [0.15, 0.2) is 0 Å². The second-order valence-electron chi connectivity index (χ2n) is 14.3. The van der Waals surface area contributed by atoms with E-state index in [1.165, 1.54) is 83.1 Å². The second kappa shape index (κ2) is 12.2. The van der Waals surface area contributed by atoms with Gasteiger partial charge >= 0.3 is 0 Å². The van der Waals surface area contributed by atoms with E-state index < -0.39 is 0 Å². The smallest absolute Gasteiger partial charge is 0.0616 e. The molecule has 2 aromatic heterocycles. The Kier molecular flexibility index (Phi) is 7.16. The predicted molar refractivity (Wildman–Crippen MR) is 217 cm³/mol. The van der Waals surface area contributed by atoms with Crippen molar-refractivity contribution in [1.29, 1.82) is 0 Å². The van der Waals surface area contributed by atoms with Crippen LogP contribution in [0.4, 0.5) is 0 Å². The van der Waals surface area contributed by atoms with Crippen molar-refractivity contribution in [2.24, 2.45) is 0 Å². The average molecular weight is 657 g/mol. The van der Waals surface area contributed by atoms with Gasteiger partial charge < -0.3 is 9.13 Å². The molecule has 246 valence electrons. The monoisotopic (exact) mass is 656 g/mol. The van der Waals surface area contributed by atoms with E-state index >= 15 is 0 Å². The van der Waals surface area contributed by atoms with Crippen molar-refractivity contribution in [1.82, 2.24) is 9.13 Å².